The van der Waals surface area contributed by atoms with Crippen molar-refractivity contribution < 1.29 is 20.4 Å². The Morgan fingerprint density at radius 1 is 0.276 bits per heavy atom. The molecule has 0 atom stereocenters. The summed E-state index contributed by atoms with van der Waals surface area (Å²) in [6.45, 7) is 0. The van der Waals surface area contributed by atoms with Crippen LogP contribution >= 0.6 is 0 Å². The van der Waals surface area contributed by atoms with Gasteiger partial charge in [0.2, 0.25) is 0 Å². The van der Waals surface area contributed by atoms with Crippen molar-refractivity contribution in [3.63, 3.8) is 0 Å². The smallest absolute Gasteiger partial charge is 0.872 e. The predicted molar refractivity (Wildman–Crippen MR) is 109 cm³/mol. The normalized spacial score (nSPS) is 8.28. The fourth-order valence-corrected chi connectivity index (χ4v) is 1.68. The second-order valence-electron chi connectivity index (χ2n) is 5.25. The van der Waals surface area contributed by atoms with E-state index in [0.29, 0.717) is 0 Å². The average molecular weight is 401 g/mol. The zero-order valence-electron chi connectivity index (χ0n) is 15.7. The van der Waals surface area contributed by atoms with Gasteiger partial charge in [0.1, 0.15) is 0 Å². The summed E-state index contributed by atoms with van der Waals surface area (Å²) in [7, 11) is 0. The monoisotopic (exact) mass is 400 g/mol. The standard InChI is InChI=1S/4C6H6O.Si/c4*7-6-4-2-1-3-5-6;/h4*1-5,7H;/q;;;;+4/p-4. The molecule has 0 unspecified atom stereocenters. The van der Waals surface area contributed by atoms with Crippen molar-refractivity contribution in [2.24, 2.45) is 0 Å². The Bertz CT molecular complexity index is 693. The van der Waals surface area contributed by atoms with Gasteiger partial charge in [-0.25, -0.2) is 0 Å². The zero-order chi connectivity index (χ0) is 20.5. The molecule has 0 saturated heterocycles. The van der Waals surface area contributed by atoms with Crippen molar-refractivity contribution in [1.29, 1.82) is 0 Å². The summed E-state index contributed by atoms with van der Waals surface area (Å²) < 4.78 is 0. The maximum atomic E-state index is 10.3. The number of hydrogen-bond donors (Lipinski definition) is 0. The summed E-state index contributed by atoms with van der Waals surface area (Å²) in [5.74, 6) is 0.287. The largest absolute Gasteiger partial charge is 4.00 e. The Balaban J connectivity index is 0.000000356. The summed E-state index contributed by atoms with van der Waals surface area (Å²) in [5.41, 5.74) is 0. The number of rotatable bonds is 0. The van der Waals surface area contributed by atoms with Crippen LogP contribution in [-0.2, 0) is 0 Å². The molecule has 0 amide bonds. The number of hydrogen-bond acceptors (Lipinski definition) is 4. The molecule has 0 aliphatic carbocycles. The topological polar surface area (TPSA) is 92.2 Å². The van der Waals surface area contributed by atoms with Gasteiger partial charge in [-0.3, -0.25) is 0 Å². The van der Waals surface area contributed by atoms with Gasteiger partial charge in [0.15, 0.2) is 0 Å². The van der Waals surface area contributed by atoms with E-state index in [0.717, 1.165) is 0 Å². The van der Waals surface area contributed by atoms with Crippen molar-refractivity contribution in [1.82, 2.24) is 0 Å². The van der Waals surface area contributed by atoms with Crippen LogP contribution in [0.2, 0.25) is 0 Å². The van der Waals surface area contributed by atoms with Crippen LogP contribution in [0.4, 0.5) is 0 Å². The summed E-state index contributed by atoms with van der Waals surface area (Å²) in [5, 5.41) is 41.1. The molecule has 4 rings (SSSR count). The van der Waals surface area contributed by atoms with Crippen molar-refractivity contribution in [2.75, 3.05) is 0 Å². The maximum Gasteiger partial charge on any atom is 4.00 e. The molecule has 0 radical (unpaired) electrons. The van der Waals surface area contributed by atoms with Crippen molar-refractivity contribution in [3.8, 4) is 23.0 Å². The van der Waals surface area contributed by atoms with Crippen LogP contribution in [-0.4, -0.2) is 11.0 Å². The van der Waals surface area contributed by atoms with Gasteiger partial charge in [0.05, 0.1) is 0 Å². The number of benzene rings is 4. The first-order valence-electron chi connectivity index (χ1n) is 8.46. The van der Waals surface area contributed by atoms with E-state index < -0.39 is 0 Å². The van der Waals surface area contributed by atoms with Crippen LogP contribution in [0.5, 0.6) is 23.0 Å². The van der Waals surface area contributed by atoms with E-state index in [-0.39, 0.29) is 34.0 Å². The van der Waals surface area contributed by atoms with Crippen molar-refractivity contribution in [3.05, 3.63) is 121 Å². The second-order valence-corrected chi connectivity index (χ2v) is 5.25. The van der Waals surface area contributed by atoms with Crippen LogP contribution < -0.4 is 20.4 Å². The molecule has 4 nitrogen and oxygen atoms in total. The maximum absolute atomic E-state index is 10.3. The van der Waals surface area contributed by atoms with Crippen LogP contribution in [0.15, 0.2) is 121 Å². The third-order valence-electron chi connectivity index (χ3n) is 2.97. The molecule has 0 saturated carbocycles. The average Bonchev–Trinajstić information content (AvgIpc) is 2.72. The van der Waals surface area contributed by atoms with E-state index in [9.17, 15) is 20.4 Å². The molecule has 5 heteroatoms. The Hall–Kier alpha value is -3.70. The first-order chi connectivity index (χ1) is 13.6. The molecule has 144 valence electrons. The molecule has 0 fully saturated rings. The Labute approximate surface area is 176 Å². The molecular weight excluding hydrogens is 380 g/mol. The van der Waals surface area contributed by atoms with Gasteiger partial charge in [0, 0.05) is 0 Å². The van der Waals surface area contributed by atoms with Gasteiger partial charge in [-0.15, -0.1) is 23.0 Å². The predicted octanol–water partition coefficient (Wildman–Crippen LogP) is 2.66. The molecule has 0 bridgehead atoms. The second kappa shape index (κ2) is 16.5. The molecule has 0 aliphatic heterocycles. The van der Waals surface area contributed by atoms with E-state index in [1.807, 2.05) is 24.3 Å². The Morgan fingerprint density at radius 3 is 0.483 bits per heavy atom. The van der Waals surface area contributed by atoms with Gasteiger partial charge >= 0.3 is 11.0 Å². The van der Waals surface area contributed by atoms with E-state index in [2.05, 4.69) is 0 Å². The minimum Gasteiger partial charge on any atom is -0.872 e. The van der Waals surface area contributed by atoms with Crippen molar-refractivity contribution in [2.45, 2.75) is 0 Å². The summed E-state index contributed by atoms with van der Waals surface area (Å²) in [6.07, 6.45) is 0. The first kappa shape index (κ1) is 25.3. The van der Waals surface area contributed by atoms with Gasteiger partial charge < -0.3 is 20.4 Å². The van der Waals surface area contributed by atoms with Crippen LogP contribution in [0, 0.1) is 0 Å². The summed E-state index contributed by atoms with van der Waals surface area (Å²) in [4.78, 5) is 0. The van der Waals surface area contributed by atoms with Crippen LogP contribution in [0.3, 0.4) is 0 Å². The third-order valence-corrected chi connectivity index (χ3v) is 2.97. The quantitative estimate of drug-likeness (QED) is 0.424. The SMILES string of the molecule is [O-]c1ccccc1.[O-]c1ccccc1.[O-]c1ccccc1.[O-]c1ccccc1.[Si+4]. The molecule has 0 aromatic heterocycles. The molecule has 0 N–H and O–H groups in total. The minimum atomic E-state index is 0. The Kier molecular flexibility index (Phi) is 14.4. The van der Waals surface area contributed by atoms with Crippen LogP contribution in [0.1, 0.15) is 0 Å². The third kappa shape index (κ3) is 15.1. The Morgan fingerprint density at radius 2 is 0.414 bits per heavy atom. The summed E-state index contributed by atoms with van der Waals surface area (Å²) in [6, 6.07) is 33.3. The molecule has 4 aromatic carbocycles. The van der Waals surface area contributed by atoms with E-state index in [1.165, 1.54) is 48.5 Å². The van der Waals surface area contributed by atoms with Gasteiger partial charge in [-0.1, -0.05) is 121 Å². The van der Waals surface area contributed by atoms with Gasteiger partial charge in [-0.05, 0) is 0 Å². The van der Waals surface area contributed by atoms with E-state index in [4.69, 9.17) is 0 Å². The molecular formula is C24H20O4Si. The molecule has 0 heterocycles. The number of para-hydroxylation sites is 4. The fourth-order valence-electron chi connectivity index (χ4n) is 1.68. The van der Waals surface area contributed by atoms with Gasteiger partial charge in [0.25, 0.3) is 0 Å². The first-order valence-corrected chi connectivity index (χ1v) is 8.46. The van der Waals surface area contributed by atoms with Crippen molar-refractivity contribution >= 4 is 11.0 Å². The van der Waals surface area contributed by atoms with E-state index >= 15 is 0 Å². The molecule has 4 aromatic rings. The fraction of sp³-hybridized carbons (Fsp3) is 0. The summed E-state index contributed by atoms with van der Waals surface area (Å²) >= 11 is 0. The molecule has 0 aliphatic rings. The zero-order valence-corrected chi connectivity index (χ0v) is 16.7. The molecule has 29 heavy (non-hydrogen) atoms. The van der Waals surface area contributed by atoms with Crippen LogP contribution in [0.25, 0.3) is 0 Å². The molecule has 0 spiro atoms. The van der Waals surface area contributed by atoms with Gasteiger partial charge in [-0.2, -0.15) is 0 Å². The van der Waals surface area contributed by atoms with E-state index in [1.54, 1.807) is 48.5 Å². The minimum absolute atomic E-state index is 0.